The maximum atomic E-state index is 11.4. The van der Waals surface area contributed by atoms with Crippen LogP contribution in [-0.2, 0) is 9.59 Å². The molecule has 1 atom stereocenters. The largest absolute Gasteiger partial charge is 0.369 e. The fourth-order valence-corrected chi connectivity index (χ4v) is 1.51. The second-order valence-corrected chi connectivity index (χ2v) is 3.80. The lowest BCUT2D eigenvalue weighted by atomic mass is 9.93. The normalized spacial score (nSPS) is 11.3. The molecule has 1 rings (SSSR count). The molecule has 1 radical (unpaired) electrons. The number of primary amides is 1. The standard InChI is InChI=1S/C13H14N3O2/c1-16(9-14)12(17)8-7-11(13(15)18)10-5-3-2-4-6-10/h2-6,8,11H,7H2,1H3,(H2,15,18)/t11-/m0/s1. The molecule has 18 heavy (non-hydrogen) atoms. The van der Waals surface area contributed by atoms with Crippen molar-refractivity contribution in [3.8, 4) is 6.19 Å². The van der Waals surface area contributed by atoms with Gasteiger partial charge in [0.25, 0.3) is 0 Å². The van der Waals surface area contributed by atoms with E-state index >= 15 is 0 Å². The third kappa shape index (κ3) is 3.59. The number of nitrogens with zero attached hydrogens (tertiary/aromatic N) is 2. The van der Waals surface area contributed by atoms with Crippen LogP contribution in [0.15, 0.2) is 30.3 Å². The van der Waals surface area contributed by atoms with Crippen LogP contribution in [-0.4, -0.2) is 23.8 Å². The molecular formula is C13H14N3O2. The molecule has 1 aromatic carbocycles. The Morgan fingerprint density at radius 3 is 2.56 bits per heavy atom. The average Bonchev–Trinajstić information content (AvgIpc) is 2.38. The van der Waals surface area contributed by atoms with Gasteiger partial charge < -0.3 is 5.73 Å². The average molecular weight is 244 g/mol. The molecule has 0 spiro atoms. The molecule has 0 aliphatic carbocycles. The van der Waals surface area contributed by atoms with Gasteiger partial charge in [0, 0.05) is 7.05 Å². The van der Waals surface area contributed by atoms with Gasteiger partial charge in [-0.1, -0.05) is 30.3 Å². The quantitative estimate of drug-likeness (QED) is 0.613. The van der Waals surface area contributed by atoms with E-state index in [0.29, 0.717) is 0 Å². The third-order valence-corrected chi connectivity index (χ3v) is 2.55. The summed E-state index contributed by atoms with van der Waals surface area (Å²) in [5.41, 5.74) is 6.07. The van der Waals surface area contributed by atoms with E-state index in [0.717, 1.165) is 10.5 Å². The lowest BCUT2D eigenvalue weighted by Gasteiger charge is -2.14. The van der Waals surface area contributed by atoms with E-state index in [1.807, 2.05) is 6.07 Å². The molecule has 0 aliphatic heterocycles. The Bertz CT molecular complexity index is 465. The van der Waals surface area contributed by atoms with Gasteiger partial charge in [0.05, 0.1) is 12.3 Å². The second kappa shape index (κ2) is 6.40. The van der Waals surface area contributed by atoms with E-state index in [1.54, 1.807) is 30.5 Å². The molecule has 5 heteroatoms. The smallest absolute Gasteiger partial charge is 0.239 e. The van der Waals surface area contributed by atoms with Gasteiger partial charge in [0.2, 0.25) is 11.8 Å². The summed E-state index contributed by atoms with van der Waals surface area (Å²) in [6.07, 6.45) is 3.18. The van der Waals surface area contributed by atoms with E-state index in [1.165, 1.54) is 13.5 Å². The van der Waals surface area contributed by atoms with Crippen molar-refractivity contribution in [2.45, 2.75) is 12.3 Å². The number of benzene rings is 1. The van der Waals surface area contributed by atoms with E-state index in [2.05, 4.69) is 0 Å². The molecule has 93 valence electrons. The van der Waals surface area contributed by atoms with Gasteiger partial charge in [-0.25, -0.2) is 0 Å². The molecule has 0 saturated carbocycles. The van der Waals surface area contributed by atoms with Gasteiger partial charge in [0.1, 0.15) is 0 Å². The van der Waals surface area contributed by atoms with Gasteiger partial charge in [-0.15, -0.1) is 0 Å². The summed E-state index contributed by atoms with van der Waals surface area (Å²) in [5, 5.41) is 8.54. The summed E-state index contributed by atoms with van der Waals surface area (Å²) in [5.74, 6) is -1.49. The number of nitrogens with two attached hydrogens (primary N) is 1. The first-order valence-corrected chi connectivity index (χ1v) is 5.41. The van der Waals surface area contributed by atoms with Crippen LogP contribution in [0.3, 0.4) is 0 Å². The number of carbonyl (C=O) groups excluding carboxylic acids is 2. The highest BCUT2D eigenvalue weighted by molar-refractivity contribution is 5.88. The van der Waals surface area contributed by atoms with Crippen LogP contribution in [0.2, 0.25) is 0 Å². The van der Waals surface area contributed by atoms with Gasteiger partial charge in [-0.05, 0) is 12.0 Å². The maximum Gasteiger partial charge on any atom is 0.239 e. The van der Waals surface area contributed by atoms with E-state index in [9.17, 15) is 9.59 Å². The Hall–Kier alpha value is -2.35. The number of hydrogen-bond donors (Lipinski definition) is 1. The maximum absolute atomic E-state index is 11.4. The minimum absolute atomic E-state index is 0.185. The first-order chi connectivity index (χ1) is 8.56. The first kappa shape index (κ1) is 13.7. The zero-order valence-electron chi connectivity index (χ0n) is 10.0. The number of carbonyl (C=O) groups is 2. The van der Waals surface area contributed by atoms with Crippen LogP contribution in [0.5, 0.6) is 0 Å². The van der Waals surface area contributed by atoms with Gasteiger partial charge in [0.15, 0.2) is 6.19 Å². The predicted octanol–water partition coefficient (Wildman–Crippen LogP) is 0.789. The molecule has 0 fully saturated rings. The van der Waals surface area contributed by atoms with Crippen LogP contribution in [0, 0.1) is 17.9 Å². The Kier molecular flexibility index (Phi) is 4.88. The van der Waals surface area contributed by atoms with Crippen LogP contribution in [0.4, 0.5) is 0 Å². The number of nitriles is 1. The summed E-state index contributed by atoms with van der Waals surface area (Å²) >= 11 is 0. The van der Waals surface area contributed by atoms with Crippen molar-refractivity contribution >= 4 is 11.8 Å². The molecule has 2 amide bonds. The van der Waals surface area contributed by atoms with Crippen molar-refractivity contribution in [3.63, 3.8) is 0 Å². The monoisotopic (exact) mass is 244 g/mol. The van der Waals surface area contributed by atoms with Gasteiger partial charge in [-0.3, -0.25) is 14.5 Å². The zero-order valence-corrected chi connectivity index (χ0v) is 10.0. The topological polar surface area (TPSA) is 87.2 Å². The predicted molar refractivity (Wildman–Crippen MR) is 65.7 cm³/mol. The highest BCUT2D eigenvalue weighted by Gasteiger charge is 2.20. The van der Waals surface area contributed by atoms with Crippen LogP contribution < -0.4 is 5.73 Å². The molecule has 5 nitrogen and oxygen atoms in total. The summed E-state index contributed by atoms with van der Waals surface area (Å²) in [6, 6.07) is 8.99. The fourth-order valence-electron chi connectivity index (χ4n) is 1.51. The van der Waals surface area contributed by atoms with Crippen molar-refractivity contribution in [1.82, 2.24) is 4.90 Å². The Morgan fingerprint density at radius 2 is 2.06 bits per heavy atom. The lowest BCUT2D eigenvalue weighted by Crippen LogP contribution is -2.26. The highest BCUT2D eigenvalue weighted by Crippen LogP contribution is 2.20. The number of rotatable bonds is 5. The summed E-state index contributed by atoms with van der Waals surface area (Å²) < 4.78 is 0. The minimum Gasteiger partial charge on any atom is -0.369 e. The molecule has 1 aromatic rings. The third-order valence-electron chi connectivity index (χ3n) is 2.55. The van der Waals surface area contributed by atoms with Crippen molar-refractivity contribution in [1.29, 1.82) is 5.26 Å². The fraction of sp³-hybridized carbons (Fsp3) is 0.231. The Balaban J connectivity index is 2.70. The van der Waals surface area contributed by atoms with Crippen LogP contribution in [0.1, 0.15) is 17.9 Å². The molecular weight excluding hydrogens is 230 g/mol. The zero-order chi connectivity index (χ0) is 13.5. The molecule has 0 heterocycles. The number of amides is 2. The highest BCUT2D eigenvalue weighted by atomic mass is 16.2. The Labute approximate surface area is 106 Å². The van der Waals surface area contributed by atoms with Crippen molar-refractivity contribution in [2.24, 2.45) is 5.73 Å². The van der Waals surface area contributed by atoms with E-state index in [-0.39, 0.29) is 6.42 Å². The molecule has 0 aromatic heterocycles. The molecule has 0 bridgehead atoms. The molecule has 0 aliphatic rings. The lowest BCUT2D eigenvalue weighted by molar-refractivity contribution is -0.124. The SMILES string of the molecule is CN(C#N)C(=O)[CH]C[C@H](C(N)=O)c1ccccc1. The molecule has 2 N–H and O–H groups in total. The van der Waals surface area contributed by atoms with Gasteiger partial charge in [-0.2, -0.15) is 5.26 Å². The second-order valence-electron chi connectivity index (χ2n) is 3.80. The summed E-state index contributed by atoms with van der Waals surface area (Å²) in [7, 11) is 1.36. The Morgan fingerprint density at radius 1 is 1.44 bits per heavy atom. The summed E-state index contributed by atoms with van der Waals surface area (Å²) in [6.45, 7) is 0. The van der Waals surface area contributed by atoms with Gasteiger partial charge >= 0.3 is 0 Å². The minimum atomic E-state index is -0.553. The van der Waals surface area contributed by atoms with Crippen LogP contribution in [0.25, 0.3) is 0 Å². The first-order valence-electron chi connectivity index (χ1n) is 5.41. The number of hydrogen-bond acceptors (Lipinski definition) is 3. The van der Waals surface area contributed by atoms with E-state index in [4.69, 9.17) is 11.0 Å². The van der Waals surface area contributed by atoms with Crippen LogP contribution >= 0.6 is 0 Å². The van der Waals surface area contributed by atoms with Crippen molar-refractivity contribution in [3.05, 3.63) is 42.3 Å². The van der Waals surface area contributed by atoms with E-state index < -0.39 is 17.7 Å². The molecule has 0 saturated heterocycles. The van der Waals surface area contributed by atoms with Crippen molar-refractivity contribution < 1.29 is 9.59 Å². The molecule has 0 unspecified atom stereocenters. The summed E-state index contributed by atoms with van der Waals surface area (Å²) in [4.78, 5) is 23.7. The van der Waals surface area contributed by atoms with Crippen molar-refractivity contribution in [2.75, 3.05) is 7.05 Å².